The average molecular weight is 335 g/mol. The van der Waals surface area contributed by atoms with E-state index in [1.807, 2.05) is 30.5 Å². The molecule has 0 unspecified atom stereocenters. The molecular weight excluding hydrogens is 320 g/mol. The summed E-state index contributed by atoms with van der Waals surface area (Å²) in [6.07, 6.45) is 4.92. The van der Waals surface area contributed by atoms with Gasteiger partial charge >= 0.3 is 6.61 Å². The van der Waals surface area contributed by atoms with Crippen LogP contribution in [0.5, 0.6) is 5.75 Å². The molecule has 0 atom stereocenters. The van der Waals surface area contributed by atoms with E-state index in [-0.39, 0.29) is 11.7 Å². The number of para-hydroxylation sites is 1. The Labute approximate surface area is 137 Å². The highest BCUT2D eigenvalue weighted by molar-refractivity contribution is 7.98. The average Bonchev–Trinajstić information content (AvgIpc) is 2.54. The summed E-state index contributed by atoms with van der Waals surface area (Å²) in [5.41, 5.74) is 1.45. The lowest BCUT2D eigenvalue weighted by atomic mass is 10.2. The lowest BCUT2D eigenvalue weighted by Crippen LogP contribution is -2.08. The van der Waals surface area contributed by atoms with Crippen molar-refractivity contribution in [2.45, 2.75) is 11.5 Å². The monoisotopic (exact) mass is 335 g/mol. The number of rotatable bonds is 6. The standard InChI is InChI=1S/C17H15F2NO2S/c1-23-15-5-3-2-4-14(15)20-16(21)11-8-12-6-9-13(10-7-12)22-17(18)19/h2-11,17H,1H3,(H,20,21)/b11-8+. The molecule has 2 aromatic rings. The Morgan fingerprint density at radius 3 is 2.52 bits per heavy atom. The Morgan fingerprint density at radius 2 is 1.87 bits per heavy atom. The minimum Gasteiger partial charge on any atom is -0.435 e. The second-order valence-corrected chi connectivity index (χ2v) is 5.32. The van der Waals surface area contributed by atoms with Crippen molar-refractivity contribution in [3.63, 3.8) is 0 Å². The number of nitrogens with one attached hydrogen (secondary N) is 1. The maximum Gasteiger partial charge on any atom is 0.387 e. The summed E-state index contributed by atoms with van der Waals surface area (Å²) in [5, 5.41) is 2.80. The van der Waals surface area contributed by atoms with Crippen LogP contribution in [0.1, 0.15) is 5.56 Å². The van der Waals surface area contributed by atoms with Crippen LogP contribution in [0.3, 0.4) is 0 Å². The molecule has 120 valence electrons. The molecule has 1 N–H and O–H groups in total. The van der Waals surface area contributed by atoms with E-state index in [2.05, 4.69) is 10.1 Å². The maximum absolute atomic E-state index is 12.1. The summed E-state index contributed by atoms with van der Waals surface area (Å²) in [6, 6.07) is 13.5. The number of hydrogen-bond donors (Lipinski definition) is 1. The summed E-state index contributed by atoms with van der Waals surface area (Å²) in [7, 11) is 0. The number of amides is 1. The van der Waals surface area contributed by atoms with Crippen molar-refractivity contribution in [1.82, 2.24) is 0 Å². The van der Waals surface area contributed by atoms with Crippen molar-refractivity contribution in [3.05, 3.63) is 60.2 Å². The molecular formula is C17H15F2NO2S. The first-order valence-electron chi connectivity index (χ1n) is 6.75. The van der Waals surface area contributed by atoms with Gasteiger partial charge in [0.1, 0.15) is 5.75 Å². The Bertz CT molecular complexity index is 687. The number of hydrogen-bond acceptors (Lipinski definition) is 3. The normalized spacial score (nSPS) is 11.0. The summed E-state index contributed by atoms with van der Waals surface area (Å²) in [4.78, 5) is 12.9. The number of carbonyl (C=O) groups is 1. The van der Waals surface area contributed by atoms with Gasteiger partial charge in [-0.15, -0.1) is 11.8 Å². The second kappa shape index (κ2) is 8.33. The van der Waals surface area contributed by atoms with Crippen molar-refractivity contribution >= 4 is 29.4 Å². The first kappa shape index (κ1) is 17.0. The zero-order chi connectivity index (χ0) is 16.7. The van der Waals surface area contributed by atoms with Crippen LogP contribution in [-0.4, -0.2) is 18.8 Å². The molecule has 0 spiro atoms. The van der Waals surface area contributed by atoms with Crippen LogP contribution in [-0.2, 0) is 4.79 Å². The number of alkyl halides is 2. The van der Waals surface area contributed by atoms with E-state index in [1.165, 1.54) is 18.2 Å². The van der Waals surface area contributed by atoms with Gasteiger partial charge in [0.15, 0.2) is 0 Å². The van der Waals surface area contributed by atoms with Crippen LogP contribution in [0.4, 0.5) is 14.5 Å². The lowest BCUT2D eigenvalue weighted by Gasteiger charge is -2.07. The molecule has 0 saturated heterocycles. The quantitative estimate of drug-likeness (QED) is 0.616. The summed E-state index contributed by atoms with van der Waals surface area (Å²) in [5.74, 6) is -0.185. The summed E-state index contributed by atoms with van der Waals surface area (Å²) < 4.78 is 28.4. The Morgan fingerprint density at radius 1 is 1.17 bits per heavy atom. The predicted molar refractivity (Wildman–Crippen MR) is 89.0 cm³/mol. The largest absolute Gasteiger partial charge is 0.435 e. The first-order valence-corrected chi connectivity index (χ1v) is 7.98. The fourth-order valence-corrected chi connectivity index (χ4v) is 2.41. The third-order valence-corrected chi connectivity index (χ3v) is 3.69. The molecule has 0 aliphatic rings. The van der Waals surface area contributed by atoms with Crippen LogP contribution in [0.15, 0.2) is 59.5 Å². The fourth-order valence-electron chi connectivity index (χ4n) is 1.85. The van der Waals surface area contributed by atoms with Crippen LogP contribution in [0.2, 0.25) is 0 Å². The minimum atomic E-state index is -2.85. The minimum absolute atomic E-state index is 0.0792. The van der Waals surface area contributed by atoms with Gasteiger partial charge < -0.3 is 10.1 Å². The number of halogens is 2. The molecule has 23 heavy (non-hydrogen) atoms. The van der Waals surface area contributed by atoms with Gasteiger partial charge in [-0.05, 0) is 42.2 Å². The Hall–Kier alpha value is -2.34. The van der Waals surface area contributed by atoms with Gasteiger partial charge in [0.2, 0.25) is 5.91 Å². The molecule has 0 saturated carbocycles. The molecule has 0 heterocycles. The van der Waals surface area contributed by atoms with Crippen molar-refractivity contribution in [3.8, 4) is 5.75 Å². The van der Waals surface area contributed by atoms with E-state index in [0.717, 1.165) is 10.6 Å². The van der Waals surface area contributed by atoms with Crippen LogP contribution in [0, 0.1) is 0 Å². The van der Waals surface area contributed by atoms with Gasteiger partial charge in [-0.2, -0.15) is 8.78 Å². The molecule has 0 bridgehead atoms. The van der Waals surface area contributed by atoms with Crippen LogP contribution >= 0.6 is 11.8 Å². The molecule has 1 amide bonds. The first-order chi connectivity index (χ1) is 11.1. The highest BCUT2D eigenvalue weighted by atomic mass is 32.2. The number of ether oxygens (including phenoxy) is 1. The Kier molecular flexibility index (Phi) is 6.17. The zero-order valence-corrected chi connectivity index (χ0v) is 13.1. The second-order valence-electron chi connectivity index (χ2n) is 4.47. The molecule has 0 radical (unpaired) electrons. The highest BCUT2D eigenvalue weighted by Gasteiger charge is 2.04. The summed E-state index contributed by atoms with van der Waals surface area (Å²) >= 11 is 1.54. The molecule has 0 aliphatic heterocycles. The number of anilines is 1. The van der Waals surface area contributed by atoms with Gasteiger partial charge in [0, 0.05) is 11.0 Å². The SMILES string of the molecule is CSc1ccccc1NC(=O)/C=C/c1ccc(OC(F)F)cc1. The van der Waals surface area contributed by atoms with Crippen LogP contribution in [0.25, 0.3) is 6.08 Å². The predicted octanol–water partition coefficient (Wildman–Crippen LogP) is 4.66. The molecule has 0 aromatic heterocycles. The highest BCUT2D eigenvalue weighted by Crippen LogP contribution is 2.24. The third kappa shape index (κ3) is 5.41. The third-order valence-electron chi connectivity index (χ3n) is 2.90. The van der Waals surface area contributed by atoms with E-state index >= 15 is 0 Å². The van der Waals surface area contributed by atoms with E-state index in [9.17, 15) is 13.6 Å². The number of thioether (sulfide) groups is 1. The van der Waals surface area contributed by atoms with Gasteiger partial charge in [0.25, 0.3) is 0 Å². The fraction of sp³-hybridized carbons (Fsp3) is 0.118. The van der Waals surface area contributed by atoms with Crippen molar-refractivity contribution in [1.29, 1.82) is 0 Å². The van der Waals surface area contributed by atoms with E-state index in [1.54, 1.807) is 30.0 Å². The topological polar surface area (TPSA) is 38.3 Å². The molecule has 2 rings (SSSR count). The molecule has 2 aromatic carbocycles. The zero-order valence-electron chi connectivity index (χ0n) is 12.3. The van der Waals surface area contributed by atoms with E-state index in [0.29, 0.717) is 5.56 Å². The van der Waals surface area contributed by atoms with Gasteiger partial charge in [-0.25, -0.2) is 0 Å². The van der Waals surface area contributed by atoms with Crippen molar-refractivity contribution in [2.24, 2.45) is 0 Å². The summed E-state index contributed by atoms with van der Waals surface area (Å²) in [6.45, 7) is -2.85. The molecule has 0 aliphatic carbocycles. The van der Waals surface area contributed by atoms with Crippen molar-refractivity contribution < 1.29 is 18.3 Å². The van der Waals surface area contributed by atoms with Gasteiger partial charge in [-0.1, -0.05) is 24.3 Å². The van der Waals surface area contributed by atoms with E-state index in [4.69, 9.17) is 0 Å². The smallest absolute Gasteiger partial charge is 0.387 e. The van der Waals surface area contributed by atoms with Crippen molar-refractivity contribution in [2.75, 3.05) is 11.6 Å². The van der Waals surface area contributed by atoms with Gasteiger partial charge in [0.05, 0.1) is 5.69 Å². The van der Waals surface area contributed by atoms with Gasteiger partial charge in [-0.3, -0.25) is 4.79 Å². The van der Waals surface area contributed by atoms with E-state index < -0.39 is 6.61 Å². The molecule has 3 nitrogen and oxygen atoms in total. The number of carbonyl (C=O) groups excluding carboxylic acids is 1. The Balaban J connectivity index is 1.98. The molecule has 0 fully saturated rings. The van der Waals surface area contributed by atoms with Crippen LogP contribution < -0.4 is 10.1 Å². The number of benzene rings is 2. The maximum atomic E-state index is 12.1. The lowest BCUT2D eigenvalue weighted by molar-refractivity contribution is -0.111. The molecule has 6 heteroatoms.